The summed E-state index contributed by atoms with van der Waals surface area (Å²) in [6.45, 7) is 8.74. The zero-order valence-corrected chi connectivity index (χ0v) is 12.1. The first-order valence-corrected chi connectivity index (χ1v) is 6.55. The summed E-state index contributed by atoms with van der Waals surface area (Å²) in [4.78, 5) is 37.0. The van der Waals surface area contributed by atoms with Gasteiger partial charge in [-0.25, -0.2) is 9.59 Å². The van der Waals surface area contributed by atoms with Gasteiger partial charge in [0.25, 0.3) is 0 Å². The molecule has 0 aromatic heterocycles. The van der Waals surface area contributed by atoms with Crippen LogP contribution < -0.4 is 5.32 Å². The lowest BCUT2D eigenvalue weighted by molar-refractivity contribution is -0.139. The van der Waals surface area contributed by atoms with Crippen LogP contribution in [0.1, 0.15) is 33.6 Å². The summed E-state index contributed by atoms with van der Waals surface area (Å²) in [7, 11) is 0. The molecule has 0 aromatic rings. The molecule has 1 aliphatic rings. The van der Waals surface area contributed by atoms with E-state index in [1.54, 1.807) is 26.8 Å². The highest BCUT2D eigenvalue weighted by Crippen LogP contribution is 2.21. The van der Waals surface area contributed by atoms with Crippen LogP contribution in [-0.2, 0) is 14.3 Å². The maximum atomic E-state index is 12.1. The predicted octanol–water partition coefficient (Wildman–Crippen LogP) is 1.73. The van der Waals surface area contributed by atoms with E-state index in [4.69, 9.17) is 4.74 Å². The fourth-order valence-corrected chi connectivity index (χ4v) is 2.11. The molecule has 0 saturated heterocycles. The summed E-state index contributed by atoms with van der Waals surface area (Å²) in [6, 6.07) is -1.16. The Balaban J connectivity index is 3.01. The van der Waals surface area contributed by atoms with Crippen LogP contribution in [0.2, 0.25) is 0 Å². The molecular weight excluding hydrogens is 260 g/mol. The molecule has 3 amide bonds. The average Bonchev–Trinajstić information content (AvgIpc) is 2.35. The van der Waals surface area contributed by atoms with Crippen molar-refractivity contribution in [3.63, 3.8) is 0 Å². The zero-order valence-electron chi connectivity index (χ0n) is 12.1. The van der Waals surface area contributed by atoms with E-state index in [0.29, 0.717) is 17.7 Å². The first-order valence-electron chi connectivity index (χ1n) is 6.55. The lowest BCUT2D eigenvalue weighted by Gasteiger charge is -2.33. The molecule has 1 atom stereocenters. The molecule has 6 heteroatoms. The normalized spacial score (nSPS) is 18.6. The number of carbonyl (C=O) groups is 3. The molecule has 110 valence electrons. The number of allylic oxidation sites excluding steroid dienone is 2. The van der Waals surface area contributed by atoms with Gasteiger partial charge in [-0.15, -0.1) is 6.58 Å². The van der Waals surface area contributed by atoms with Gasteiger partial charge >= 0.3 is 12.0 Å². The van der Waals surface area contributed by atoms with Crippen LogP contribution in [0.5, 0.6) is 0 Å². The van der Waals surface area contributed by atoms with E-state index in [-0.39, 0.29) is 18.9 Å². The maximum absolute atomic E-state index is 12.1. The van der Waals surface area contributed by atoms with E-state index in [1.807, 2.05) is 0 Å². The first-order chi connectivity index (χ1) is 9.43. The van der Waals surface area contributed by atoms with Crippen molar-refractivity contribution in [3.05, 3.63) is 23.9 Å². The number of carbonyl (C=O) groups excluding carboxylic acids is 3. The maximum Gasteiger partial charge on any atom is 0.337 e. The van der Waals surface area contributed by atoms with Crippen LogP contribution in [-0.4, -0.2) is 35.5 Å². The highest BCUT2D eigenvalue weighted by atomic mass is 16.5. The van der Waals surface area contributed by atoms with E-state index < -0.39 is 18.0 Å². The van der Waals surface area contributed by atoms with Crippen LogP contribution in [0.4, 0.5) is 4.79 Å². The summed E-state index contributed by atoms with van der Waals surface area (Å²) < 4.78 is 4.96. The van der Waals surface area contributed by atoms with Crippen molar-refractivity contribution in [2.45, 2.75) is 39.7 Å². The van der Waals surface area contributed by atoms with Gasteiger partial charge in [-0.2, -0.15) is 0 Å². The second-order valence-corrected chi connectivity index (χ2v) is 4.46. The Morgan fingerprint density at radius 2 is 2.15 bits per heavy atom. The number of rotatable bonds is 5. The van der Waals surface area contributed by atoms with Crippen molar-refractivity contribution in [3.8, 4) is 0 Å². The quantitative estimate of drug-likeness (QED) is 0.614. The molecule has 1 aliphatic heterocycles. The third kappa shape index (κ3) is 3.26. The zero-order chi connectivity index (χ0) is 15.3. The van der Waals surface area contributed by atoms with Crippen LogP contribution in [0.15, 0.2) is 23.9 Å². The summed E-state index contributed by atoms with van der Waals surface area (Å²) in [5, 5.41) is 2.53. The van der Waals surface area contributed by atoms with Gasteiger partial charge in [0.2, 0.25) is 5.91 Å². The number of ether oxygens (including phenoxy) is 1. The Morgan fingerprint density at radius 1 is 1.50 bits per heavy atom. The Morgan fingerprint density at radius 3 is 2.70 bits per heavy atom. The lowest BCUT2D eigenvalue weighted by Crippen LogP contribution is -2.54. The molecule has 0 bridgehead atoms. The Labute approximate surface area is 118 Å². The number of urea groups is 1. The molecule has 1 unspecified atom stereocenters. The Hall–Kier alpha value is -2.11. The lowest BCUT2D eigenvalue weighted by atomic mass is 10.0. The topological polar surface area (TPSA) is 75.7 Å². The van der Waals surface area contributed by atoms with Crippen molar-refractivity contribution < 1.29 is 19.1 Å². The third-order valence-corrected chi connectivity index (χ3v) is 3.05. The number of amides is 3. The molecule has 0 fully saturated rings. The molecule has 0 radical (unpaired) electrons. The molecule has 20 heavy (non-hydrogen) atoms. The van der Waals surface area contributed by atoms with Gasteiger partial charge < -0.3 is 10.1 Å². The summed E-state index contributed by atoms with van der Waals surface area (Å²) in [5.74, 6) is -0.858. The molecule has 6 nitrogen and oxygen atoms in total. The van der Waals surface area contributed by atoms with Gasteiger partial charge in [0.15, 0.2) is 0 Å². The number of nitrogens with zero attached hydrogens (tertiary/aromatic N) is 1. The van der Waals surface area contributed by atoms with Gasteiger partial charge in [0, 0.05) is 12.1 Å². The monoisotopic (exact) mass is 280 g/mol. The van der Waals surface area contributed by atoms with Crippen LogP contribution >= 0.6 is 0 Å². The van der Waals surface area contributed by atoms with E-state index in [9.17, 15) is 14.4 Å². The highest BCUT2D eigenvalue weighted by Gasteiger charge is 2.37. The summed E-state index contributed by atoms with van der Waals surface area (Å²) >= 11 is 0. The number of esters is 1. The van der Waals surface area contributed by atoms with Crippen molar-refractivity contribution in [1.29, 1.82) is 0 Å². The SMILES string of the molecule is C=CCCC(=O)N1C(=O)NC(C)=C(C(=O)OCC)C1C. The van der Waals surface area contributed by atoms with Gasteiger partial charge in [0.05, 0.1) is 18.2 Å². The molecule has 0 aromatic carbocycles. The minimum absolute atomic E-state index is 0.177. The molecule has 0 spiro atoms. The number of hydrogen-bond donors (Lipinski definition) is 1. The van der Waals surface area contributed by atoms with Gasteiger partial charge in [0.1, 0.15) is 0 Å². The van der Waals surface area contributed by atoms with Gasteiger partial charge in [-0.3, -0.25) is 9.69 Å². The first kappa shape index (κ1) is 15.9. The average molecular weight is 280 g/mol. The fraction of sp³-hybridized carbons (Fsp3) is 0.500. The summed E-state index contributed by atoms with van der Waals surface area (Å²) in [6.07, 6.45) is 2.26. The molecule has 1 heterocycles. The second-order valence-electron chi connectivity index (χ2n) is 4.46. The van der Waals surface area contributed by atoms with Crippen molar-refractivity contribution in [2.75, 3.05) is 6.61 Å². The van der Waals surface area contributed by atoms with Gasteiger partial charge in [-0.1, -0.05) is 6.08 Å². The van der Waals surface area contributed by atoms with E-state index in [1.165, 1.54) is 0 Å². The highest BCUT2D eigenvalue weighted by molar-refractivity contribution is 6.01. The van der Waals surface area contributed by atoms with Crippen molar-refractivity contribution in [1.82, 2.24) is 10.2 Å². The number of nitrogens with one attached hydrogen (secondary N) is 1. The van der Waals surface area contributed by atoms with E-state index in [0.717, 1.165) is 4.90 Å². The number of imide groups is 1. The predicted molar refractivity (Wildman–Crippen MR) is 73.6 cm³/mol. The Kier molecular flexibility index (Phi) is 5.49. The van der Waals surface area contributed by atoms with Gasteiger partial charge in [-0.05, 0) is 27.2 Å². The fourth-order valence-electron chi connectivity index (χ4n) is 2.11. The van der Waals surface area contributed by atoms with Crippen LogP contribution in [0.3, 0.4) is 0 Å². The van der Waals surface area contributed by atoms with Crippen molar-refractivity contribution >= 4 is 17.9 Å². The van der Waals surface area contributed by atoms with Crippen LogP contribution in [0.25, 0.3) is 0 Å². The molecule has 1 rings (SSSR count). The molecule has 1 N–H and O–H groups in total. The second kappa shape index (κ2) is 6.88. The third-order valence-electron chi connectivity index (χ3n) is 3.05. The van der Waals surface area contributed by atoms with E-state index >= 15 is 0 Å². The largest absolute Gasteiger partial charge is 0.463 e. The van der Waals surface area contributed by atoms with Crippen LogP contribution in [0, 0.1) is 0 Å². The molecule has 0 aliphatic carbocycles. The number of hydrogen-bond acceptors (Lipinski definition) is 4. The minimum atomic E-state index is -0.639. The smallest absolute Gasteiger partial charge is 0.337 e. The standard InChI is InChI=1S/C14H20N2O4/c1-5-7-8-11(17)16-10(4)12(13(18)20-6-2)9(3)15-14(16)19/h5,10H,1,6-8H2,2-4H3,(H,15,19). The minimum Gasteiger partial charge on any atom is -0.463 e. The Bertz CT molecular complexity index is 468. The summed E-state index contributed by atoms with van der Waals surface area (Å²) in [5.41, 5.74) is 0.729. The van der Waals surface area contributed by atoms with E-state index in [2.05, 4.69) is 11.9 Å². The molecular formula is C14H20N2O4. The van der Waals surface area contributed by atoms with Crippen molar-refractivity contribution in [2.24, 2.45) is 0 Å². The molecule has 0 saturated carbocycles.